The zero-order chi connectivity index (χ0) is 20.3. The summed E-state index contributed by atoms with van der Waals surface area (Å²) in [5.41, 5.74) is 4.35. The van der Waals surface area contributed by atoms with Gasteiger partial charge < -0.3 is 10.1 Å². The van der Waals surface area contributed by atoms with Crippen LogP contribution in [0.25, 0.3) is 10.9 Å². The number of aryl methyl sites for hydroxylation is 3. The second-order valence-electron chi connectivity index (χ2n) is 6.55. The van der Waals surface area contributed by atoms with Crippen LogP contribution in [0.5, 0.6) is 0 Å². The highest BCUT2D eigenvalue weighted by atomic mass is 35.5. The Bertz CT molecular complexity index is 1060. The van der Waals surface area contributed by atoms with Gasteiger partial charge in [-0.05, 0) is 55.7 Å². The SMILES string of the molecule is CCc1cccc(C)c1NC(=O)COC(=O)c1cc2cc(Cl)ccc2nc1C. The summed E-state index contributed by atoms with van der Waals surface area (Å²) in [6.07, 6.45) is 0.793. The van der Waals surface area contributed by atoms with Crippen LogP contribution in [0.2, 0.25) is 5.02 Å². The van der Waals surface area contributed by atoms with Gasteiger partial charge in [0.2, 0.25) is 0 Å². The molecule has 0 atom stereocenters. The number of benzene rings is 2. The second kappa shape index (κ2) is 8.40. The zero-order valence-electron chi connectivity index (χ0n) is 16.0. The van der Waals surface area contributed by atoms with Gasteiger partial charge in [0.05, 0.1) is 16.8 Å². The maximum atomic E-state index is 12.5. The van der Waals surface area contributed by atoms with Crippen LogP contribution in [0.1, 0.15) is 34.1 Å². The van der Waals surface area contributed by atoms with Crippen molar-refractivity contribution < 1.29 is 14.3 Å². The van der Waals surface area contributed by atoms with Gasteiger partial charge in [-0.1, -0.05) is 36.7 Å². The summed E-state index contributed by atoms with van der Waals surface area (Å²) in [6.45, 7) is 5.30. The molecule has 0 aliphatic carbocycles. The molecule has 1 aromatic heterocycles. The van der Waals surface area contributed by atoms with E-state index in [-0.39, 0.29) is 12.5 Å². The van der Waals surface area contributed by atoms with Crippen LogP contribution in [0.15, 0.2) is 42.5 Å². The maximum Gasteiger partial charge on any atom is 0.340 e. The Hall–Kier alpha value is -2.92. The Morgan fingerprint density at radius 1 is 1.14 bits per heavy atom. The van der Waals surface area contributed by atoms with E-state index in [2.05, 4.69) is 10.3 Å². The molecule has 5 nitrogen and oxygen atoms in total. The van der Waals surface area contributed by atoms with Crippen molar-refractivity contribution in [1.29, 1.82) is 0 Å². The molecule has 3 rings (SSSR count). The van der Waals surface area contributed by atoms with Gasteiger partial charge in [0, 0.05) is 16.1 Å². The highest BCUT2D eigenvalue weighted by Crippen LogP contribution is 2.22. The lowest BCUT2D eigenvalue weighted by atomic mass is 10.1. The zero-order valence-corrected chi connectivity index (χ0v) is 16.8. The lowest BCUT2D eigenvalue weighted by Crippen LogP contribution is -2.22. The third-order valence-electron chi connectivity index (χ3n) is 4.53. The third kappa shape index (κ3) is 4.31. The molecule has 0 spiro atoms. The first-order valence-electron chi connectivity index (χ1n) is 9.01. The van der Waals surface area contributed by atoms with Crippen molar-refractivity contribution in [3.8, 4) is 0 Å². The molecule has 0 aliphatic rings. The third-order valence-corrected chi connectivity index (χ3v) is 4.76. The minimum atomic E-state index is -0.595. The molecule has 28 heavy (non-hydrogen) atoms. The van der Waals surface area contributed by atoms with Crippen molar-refractivity contribution in [2.45, 2.75) is 27.2 Å². The van der Waals surface area contributed by atoms with Crippen molar-refractivity contribution in [2.24, 2.45) is 0 Å². The number of carbonyl (C=O) groups excluding carboxylic acids is 2. The number of amides is 1. The highest BCUT2D eigenvalue weighted by Gasteiger charge is 2.16. The van der Waals surface area contributed by atoms with E-state index in [0.717, 1.165) is 34.1 Å². The lowest BCUT2D eigenvalue weighted by molar-refractivity contribution is -0.119. The van der Waals surface area contributed by atoms with E-state index in [9.17, 15) is 9.59 Å². The van der Waals surface area contributed by atoms with Gasteiger partial charge in [-0.15, -0.1) is 0 Å². The normalized spacial score (nSPS) is 10.7. The number of pyridine rings is 1. The van der Waals surface area contributed by atoms with Crippen LogP contribution >= 0.6 is 11.6 Å². The minimum Gasteiger partial charge on any atom is -0.452 e. The van der Waals surface area contributed by atoms with Gasteiger partial charge in [0.15, 0.2) is 6.61 Å². The fourth-order valence-electron chi connectivity index (χ4n) is 3.04. The summed E-state index contributed by atoms with van der Waals surface area (Å²) >= 11 is 6.01. The van der Waals surface area contributed by atoms with Crippen LogP contribution in [0.3, 0.4) is 0 Å². The number of nitrogens with zero attached hydrogens (tertiary/aromatic N) is 1. The standard InChI is InChI=1S/C22H21ClN2O3/c1-4-15-7-5-6-13(2)21(15)25-20(26)12-28-22(27)18-11-16-10-17(23)8-9-19(16)24-14(18)3/h5-11H,4,12H2,1-3H3,(H,25,26). The number of carbonyl (C=O) groups is 2. The summed E-state index contributed by atoms with van der Waals surface area (Å²) in [4.78, 5) is 29.2. The van der Waals surface area contributed by atoms with Crippen molar-refractivity contribution in [2.75, 3.05) is 11.9 Å². The maximum absolute atomic E-state index is 12.5. The summed E-state index contributed by atoms with van der Waals surface area (Å²) < 4.78 is 5.21. The molecule has 0 unspecified atom stereocenters. The van der Waals surface area contributed by atoms with Crippen LogP contribution in [0.4, 0.5) is 5.69 Å². The first kappa shape index (κ1) is 19.8. The van der Waals surface area contributed by atoms with Crippen LogP contribution in [-0.2, 0) is 16.0 Å². The number of esters is 1. The van der Waals surface area contributed by atoms with Crippen molar-refractivity contribution in [1.82, 2.24) is 4.98 Å². The van der Waals surface area contributed by atoms with Gasteiger partial charge in [-0.2, -0.15) is 0 Å². The average molecular weight is 397 g/mol. The van der Waals surface area contributed by atoms with E-state index < -0.39 is 5.97 Å². The Morgan fingerprint density at radius 2 is 1.93 bits per heavy atom. The van der Waals surface area contributed by atoms with E-state index in [0.29, 0.717) is 16.3 Å². The number of nitrogens with one attached hydrogen (secondary N) is 1. The number of aromatic nitrogens is 1. The van der Waals surface area contributed by atoms with Gasteiger partial charge in [0.25, 0.3) is 5.91 Å². The molecule has 144 valence electrons. The molecule has 0 fully saturated rings. The van der Waals surface area contributed by atoms with E-state index >= 15 is 0 Å². The highest BCUT2D eigenvalue weighted by molar-refractivity contribution is 6.31. The Balaban J connectivity index is 1.71. The minimum absolute atomic E-state index is 0.313. The lowest BCUT2D eigenvalue weighted by Gasteiger charge is -2.13. The van der Waals surface area contributed by atoms with Crippen LogP contribution in [-0.4, -0.2) is 23.5 Å². The van der Waals surface area contributed by atoms with Gasteiger partial charge in [-0.25, -0.2) is 4.79 Å². The first-order valence-corrected chi connectivity index (χ1v) is 9.39. The van der Waals surface area contributed by atoms with E-state index in [1.54, 1.807) is 31.2 Å². The summed E-state index contributed by atoms with van der Waals surface area (Å²) in [7, 11) is 0. The Morgan fingerprint density at radius 3 is 2.68 bits per heavy atom. The molecule has 0 saturated heterocycles. The van der Waals surface area contributed by atoms with E-state index in [4.69, 9.17) is 16.3 Å². The van der Waals surface area contributed by atoms with E-state index in [1.165, 1.54) is 0 Å². The van der Waals surface area contributed by atoms with Crippen molar-refractivity contribution in [3.05, 3.63) is 69.9 Å². The number of halogens is 1. The predicted octanol–water partition coefficient (Wildman–Crippen LogP) is 4.86. The predicted molar refractivity (Wildman–Crippen MR) is 111 cm³/mol. The number of anilines is 1. The molecule has 1 N–H and O–H groups in total. The second-order valence-corrected chi connectivity index (χ2v) is 6.98. The van der Waals surface area contributed by atoms with Crippen molar-refractivity contribution in [3.63, 3.8) is 0 Å². The monoisotopic (exact) mass is 396 g/mol. The number of rotatable bonds is 5. The molecule has 2 aromatic carbocycles. The van der Waals surface area contributed by atoms with E-state index in [1.807, 2.05) is 32.0 Å². The largest absolute Gasteiger partial charge is 0.452 e. The summed E-state index contributed by atoms with van der Waals surface area (Å²) in [6, 6.07) is 12.8. The fourth-order valence-corrected chi connectivity index (χ4v) is 3.22. The molecular formula is C22H21ClN2O3. The number of para-hydroxylation sites is 1. The van der Waals surface area contributed by atoms with Crippen LogP contribution < -0.4 is 5.32 Å². The van der Waals surface area contributed by atoms with Crippen LogP contribution in [0, 0.1) is 13.8 Å². The topological polar surface area (TPSA) is 68.3 Å². The number of hydrogen-bond donors (Lipinski definition) is 1. The van der Waals surface area contributed by atoms with Crippen molar-refractivity contribution >= 4 is 40.1 Å². The molecular weight excluding hydrogens is 376 g/mol. The van der Waals surface area contributed by atoms with Gasteiger partial charge >= 0.3 is 5.97 Å². The van der Waals surface area contributed by atoms with Gasteiger partial charge in [0.1, 0.15) is 0 Å². The summed E-state index contributed by atoms with van der Waals surface area (Å²) in [5.74, 6) is -0.977. The molecule has 0 bridgehead atoms. The molecule has 0 aliphatic heterocycles. The molecule has 0 saturated carbocycles. The number of ether oxygens (including phenoxy) is 1. The Labute approximate surface area is 168 Å². The molecule has 6 heteroatoms. The first-order chi connectivity index (χ1) is 13.4. The average Bonchev–Trinajstić information content (AvgIpc) is 2.67. The van der Waals surface area contributed by atoms with Gasteiger partial charge in [-0.3, -0.25) is 9.78 Å². The Kier molecular flexibility index (Phi) is 5.95. The molecule has 3 aromatic rings. The molecule has 0 radical (unpaired) electrons. The molecule has 1 amide bonds. The summed E-state index contributed by atoms with van der Waals surface area (Å²) in [5, 5.41) is 4.13. The number of hydrogen-bond acceptors (Lipinski definition) is 4. The smallest absolute Gasteiger partial charge is 0.340 e. The quantitative estimate of drug-likeness (QED) is 0.625. The number of fused-ring (bicyclic) bond motifs is 1. The fraction of sp³-hybridized carbons (Fsp3) is 0.227. The molecule has 1 heterocycles.